The second kappa shape index (κ2) is 8.33. The molecule has 6 atom stereocenters. The zero-order chi connectivity index (χ0) is 28.1. The van der Waals surface area contributed by atoms with Gasteiger partial charge < -0.3 is 9.47 Å². The first kappa shape index (κ1) is 27.2. The third-order valence-corrected chi connectivity index (χ3v) is 9.37. The van der Waals surface area contributed by atoms with Gasteiger partial charge >= 0.3 is 29.9 Å². The lowest BCUT2D eigenvalue weighted by Crippen LogP contribution is -2.64. The number of ether oxygens (including phenoxy) is 2. The molecule has 0 spiro atoms. The maximum atomic E-state index is 13.7. The number of allylic oxidation sites excluding steroid dienone is 3. The minimum atomic E-state index is -6.44. The van der Waals surface area contributed by atoms with Crippen LogP contribution in [0, 0.1) is 29.6 Å². The Bertz CT molecular complexity index is 1260. The molecule has 0 amide bonds. The number of alkyl halides is 6. The summed E-state index contributed by atoms with van der Waals surface area (Å²) in [5.74, 6) is -10.0. The highest BCUT2D eigenvalue weighted by Gasteiger charge is 2.76. The van der Waals surface area contributed by atoms with E-state index >= 15 is 0 Å². The van der Waals surface area contributed by atoms with Crippen LogP contribution in [0.2, 0.25) is 0 Å². The van der Waals surface area contributed by atoms with E-state index < -0.39 is 75.0 Å². The molecule has 210 valence electrons. The molecule has 0 heterocycles. The molecule has 6 rings (SSSR count). The predicted octanol–water partition coefficient (Wildman–Crippen LogP) is 4.46. The van der Waals surface area contributed by atoms with E-state index in [2.05, 4.69) is 4.74 Å². The summed E-state index contributed by atoms with van der Waals surface area (Å²) in [5.41, 5.74) is -4.08. The van der Waals surface area contributed by atoms with Crippen LogP contribution < -0.4 is 0 Å². The molecule has 2 saturated carbocycles. The minimum absolute atomic E-state index is 0.192. The zero-order valence-corrected chi connectivity index (χ0v) is 20.8. The summed E-state index contributed by atoms with van der Waals surface area (Å²) in [6.45, 7) is 1.66. The average Bonchev–Trinajstić information content (AvgIpc) is 3.36. The van der Waals surface area contributed by atoms with Crippen molar-refractivity contribution in [3.63, 3.8) is 0 Å². The number of halogens is 6. The van der Waals surface area contributed by atoms with E-state index in [4.69, 9.17) is 9.29 Å². The minimum Gasteiger partial charge on any atom is -0.450 e. The Morgan fingerprint density at radius 2 is 1.58 bits per heavy atom. The fraction of sp³-hybridized carbons (Fsp3) is 0.667. The largest absolute Gasteiger partial charge is 0.450 e. The summed E-state index contributed by atoms with van der Waals surface area (Å²) in [5, 5.41) is 0. The molecule has 0 saturated heterocycles. The van der Waals surface area contributed by atoms with Gasteiger partial charge in [0.2, 0.25) is 0 Å². The smallest absolute Gasteiger partial charge is 0.438 e. The molecule has 6 bridgehead atoms. The quantitative estimate of drug-likeness (QED) is 0.286. The molecule has 0 aromatic rings. The van der Waals surface area contributed by atoms with E-state index in [1.54, 1.807) is 6.92 Å². The van der Waals surface area contributed by atoms with Crippen molar-refractivity contribution in [2.24, 2.45) is 29.6 Å². The van der Waals surface area contributed by atoms with E-state index in [9.17, 15) is 44.3 Å². The van der Waals surface area contributed by atoms with Gasteiger partial charge in [0.1, 0.15) is 5.75 Å². The Morgan fingerprint density at radius 3 is 2.08 bits per heavy atom. The van der Waals surface area contributed by atoms with E-state index in [-0.39, 0.29) is 18.8 Å². The van der Waals surface area contributed by atoms with Crippen LogP contribution in [0.5, 0.6) is 0 Å². The second-order valence-electron chi connectivity index (χ2n) is 11.0. The zero-order valence-electron chi connectivity index (χ0n) is 19.9. The van der Waals surface area contributed by atoms with Gasteiger partial charge in [-0.2, -0.15) is 34.8 Å². The first-order valence-corrected chi connectivity index (χ1v) is 13.6. The molecule has 2 fully saturated rings. The van der Waals surface area contributed by atoms with Crippen molar-refractivity contribution in [1.29, 1.82) is 0 Å². The van der Waals surface area contributed by atoms with Crippen LogP contribution in [0.15, 0.2) is 34.9 Å². The van der Waals surface area contributed by atoms with Gasteiger partial charge in [-0.25, -0.2) is 0 Å². The lowest BCUT2D eigenvalue weighted by molar-refractivity contribution is -0.362. The molecule has 6 unspecified atom stereocenters. The van der Waals surface area contributed by atoms with E-state index in [0.717, 1.165) is 23.1 Å². The first-order valence-electron chi connectivity index (χ1n) is 12.0. The van der Waals surface area contributed by atoms with Crippen molar-refractivity contribution in [3.05, 3.63) is 34.9 Å². The van der Waals surface area contributed by atoms with Crippen LogP contribution in [-0.4, -0.2) is 54.2 Å². The fourth-order valence-electron chi connectivity index (χ4n) is 6.86. The number of hydrogen-bond donors (Lipinski definition) is 1. The van der Waals surface area contributed by atoms with E-state index in [1.807, 2.05) is 18.2 Å². The Kier molecular flexibility index (Phi) is 5.96. The van der Waals surface area contributed by atoms with Crippen molar-refractivity contribution in [2.75, 3.05) is 5.75 Å². The summed E-state index contributed by atoms with van der Waals surface area (Å²) >= 11 is 0. The van der Waals surface area contributed by atoms with Crippen molar-refractivity contribution < 1.29 is 58.4 Å². The molecule has 6 aliphatic carbocycles. The predicted molar refractivity (Wildman–Crippen MR) is 117 cm³/mol. The van der Waals surface area contributed by atoms with E-state index in [1.165, 1.54) is 0 Å². The monoisotopic (exact) mass is 570 g/mol. The molecule has 14 heteroatoms. The van der Waals surface area contributed by atoms with Crippen molar-refractivity contribution in [2.45, 2.75) is 62.6 Å². The Labute approximate surface area is 213 Å². The van der Waals surface area contributed by atoms with Gasteiger partial charge in [-0.15, -0.1) is 0 Å². The lowest BCUT2D eigenvalue weighted by atomic mass is 9.65. The molecule has 0 aromatic heterocycles. The van der Waals surface area contributed by atoms with Crippen LogP contribution in [0.3, 0.4) is 0 Å². The number of hydrogen-bond acceptors (Lipinski definition) is 6. The normalized spacial score (nSPS) is 34.1. The second-order valence-corrected chi connectivity index (χ2v) is 12.4. The molecule has 0 radical (unpaired) electrons. The van der Waals surface area contributed by atoms with Gasteiger partial charge in [0, 0.05) is 0 Å². The van der Waals surface area contributed by atoms with Gasteiger partial charge in [-0.3, -0.25) is 14.1 Å². The average molecular weight is 571 g/mol. The molecular formula is C24H24F6O7S. The van der Waals surface area contributed by atoms with Crippen molar-refractivity contribution in [1.82, 2.24) is 0 Å². The summed E-state index contributed by atoms with van der Waals surface area (Å²) in [6, 6.07) is 0. The van der Waals surface area contributed by atoms with Crippen LogP contribution >= 0.6 is 0 Å². The highest BCUT2D eigenvalue weighted by Crippen LogP contribution is 2.56. The van der Waals surface area contributed by atoms with Gasteiger partial charge in [0.15, 0.2) is 5.60 Å². The molecule has 0 aromatic carbocycles. The number of esters is 2. The molecular weight excluding hydrogens is 546 g/mol. The molecule has 38 heavy (non-hydrogen) atoms. The van der Waals surface area contributed by atoms with Gasteiger partial charge in [0.05, 0.1) is 11.8 Å². The number of carbonyl (C=O) groups is 2. The lowest BCUT2D eigenvalue weighted by Gasteiger charge is -2.46. The molecule has 7 nitrogen and oxygen atoms in total. The third-order valence-electron chi connectivity index (χ3n) is 8.60. The number of fused-ring (bicyclic) bond motifs is 2. The van der Waals surface area contributed by atoms with Gasteiger partial charge in [0.25, 0.3) is 10.1 Å². The van der Waals surface area contributed by atoms with E-state index in [0.29, 0.717) is 12.8 Å². The summed E-state index contributed by atoms with van der Waals surface area (Å²) in [4.78, 5) is 26.5. The molecule has 6 aliphatic rings. The highest BCUT2D eigenvalue weighted by molar-refractivity contribution is 7.85. The van der Waals surface area contributed by atoms with Gasteiger partial charge in [-0.05, 0) is 73.5 Å². The summed E-state index contributed by atoms with van der Waals surface area (Å²) < 4.78 is 124. The first-order chi connectivity index (χ1) is 17.3. The maximum Gasteiger partial charge on any atom is 0.438 e. The van der Waals surface area contributed by atoms with Crippen molar-refractivity contribution >= 4 is 22.1 Å². The standard InChI is InChI=1S/C24H24F6O7S/c1-21(15-5-11-4-12(7-15)8-16(21)6-11)36-19(31)17-13-2-3-14(9-13)18(17)20(32)37-22(23(25,26)27,24(28,29)30)10-38(33,34)35/h5-7,12-14,17-18H,2-4,8-10H2,1H3,(H,33,34,35). The van der Waals surface area contributed by atoms with Crippen LogP contribution in [0.4, 0.5) is 26.3 Å². The highest BCUT2D eigenvalue weighted by atomic mass is 32.2. The summed E-state index contributed by atoms with van der Waals surface area (Å²) in [7, 11) is -5.92. The van der Waals surface area contributed by atoms with Gasteiger partial charge in [-0.1, -0.05) is 18.2 Å². The Morgan fingerprint density at radius 1 is 1.00 bits per heavy atom. The van der Waals surface area contributed by atoms with Crippen molar-refractivity contribution in [3.8, 4) is 0 Å². The fourth-order valence-corrected chi connectivity index (χ4v) is 7.76. The SMILES string of the molecule is CC1(OC(=O)C2C3CCC(C3)C2C(=O)OC(CS(=O)(=O)O)(C(F)(F)F)C(F)(F)F)C2=CC3CC(=C2)C=C1C3. The Balaban J connectivity index is 1.44. The van der Waals surface area contributed by atoms with Crippen LogP contribution in [0.1, 0.15) is 39.0 Å². The maximum absolute atomic E-state index is 13.7. The third kappa shape index (κ3) is 4.18. The topological polar surface area (TPSA) is 107 Å². The van der Waals surface area contributed by atoms with Crippen LogP contribution in [0.25, 0.3) is 0 Å². The summed E-state index contributed by atoms with van der Waals surface area (Å²) in [6.07, 6.45) is -4.79. The number of carbonyl (C=O) groups excluding carboxylic acids is 2. The Hall–Kier alpha value is -2.35. The molecule has 1 N–H and O–H groups in total. The van der Waals surface area contributed by atoms with Crippen LogP contribution in [-0.2, 0) is 29.2 Å². The number of rotatable bonds is 6. The molecule has 0 aliphatic heterocycles.